The van der Waals surface area contributed by atoms with Crippen LogP contribution < -0.4 is 0 Å². The van der Waals surface area contributed by atoms with Crippen molar-refractivity contribution in [2.75, 3.05) is 0 Å². The van der Waals surface area contributed by atoms with Crippen LogP contribution in [0.1, 0.15) is 33.4 Å². The number of thioether (sulfide) groups is 2. The van der Waals surface area contributed by atoms with Gasteiger partial charge in [-0.25, -0.2) is 9.97 Å². The number of hydrogen-bond acceptors (Lipinski definition) is 6. The first-order valence-corrected chi connectivity index (χ1v) is 19.9. The summed E-state index contributed by atoms with van der Waals surface area (Å²) in [5.74, 6) is 1.24. The molecule has 0 aliphatic carbocycles. The van der Waals surface area contributed by atoms with E-state index in [1.165, 1.54) is 23.5 Å². The SMILES string of the molecule is Cc1ccc(-c2cc(-c3ccccc3Cl)c(C#N)c(SCc3ccc(CSc4nc(-c5ccc(C)cc5)cc(-c5ccccc5Cl)c4C#N)cc3)n2)cc1. The minimum Gasteiger partial charge on any atom is -0.240 e. The molecule has 54 heavy (non-hydrogen) atoms. The molecule has 0 saturated carbocycles. The highest BCUT2D eigenvalue weighted by Gasteiger charge is 2.19. The van der Waals surface area contributed by atoms with Crippen LogP contribution in [0.25, 0.3) is 44.8 Å². The van der Waals surface area contributed by atoms with Crippen molar-refractivity contribution in [2.24, 2.45) is 0 Å². The van der Waals surface area contributed by atoms with E-state index in [1.54, 1.807) is 0 Å². The van der Waals surface area contributed by atoms with E-state index >= 15 is 0 Å². The number of aryl methyl sites for hydroxylation is 2. The lowest BCUT2D eigenvalue weighted by Gasteiger charge is -2.14. The lowest BCUT2D eigenvalue weighted by molar-refractivity contribution is 1.11. The van der Waals surface area contributed by atoms with Crippen molar-refractivity contribution in [1.29, 1.82) is 10.5 Å². The van der Waals surface area contributed by atoms with Gasteiger partial charge in [0.25, 0.3) is 0 Å². The van der Waals surface area contributed by atoms with Crippen molar-refractivity contribution in [3.05, 3.63) is 177 Å². The molecule has 7 aromatic rings. The number of benzene rings is 5. The summed E-state index contributed by atoms with van der Waals surface area (Å²) in [5, 5.41) is 23.2. The van der Waals surface area contributed by atoms with Gasteiger partial charge in [0.1, 0.15) is 22.2 Å². The number of halogens is 2. The van der Waals surface area contributed by atoms with Gasteiger partial charge in [-0.1, -0.05) is 144 Å². The lowest BCUT2D eigenvalue weighted by Crippen LogP contribution is -1.97. The van der Waals surface area contributed by atoms with Gasteiger partial charge in [0.15, 0.2) is 0 Å². The van der Waals surface area contributed by atoms with Crippen LogP contribution >= 0.6 is 46.7 Å². The number of nitrogens with zero attached hydrogens (tertiary/aromatic N) is 4. The molecule has 7 rings (SSSR count). The number of aromatic nitrogens is 2. The Hall–Kier alpha value is -5.34. The predicted octanol–water partition coefficient (Wildman–Crippen LogP) is 13.4. The largest absolute Gasteiger partial charge is 0.240 e. The molecule has 0 amide bonds. The molecule has 262 valence electrons. The fourth-order valence-corrected chi connectivity index (χ4v) is 8.42. The summed E-state index contributed by atoms with van der Waals surface area (Å²) in [4.78, 5) is 9.98. The molecule has 4 nitrogen and oxygen atoms in total. The predicted molar refractivity (Wildman–Crippen MR) is 225 cm³/mol. The van der Waals surface area contributed by atoms with Gasteiger partial charge in [0.2, 0.25) is 0 Å². The van der Waals surface area contributed by atoms with Crippen LogP contribution in [-0.2, 0) is 11.5 Å². The van der Waals surface area contributed by atoms with E-state index in [0.29, 0.717) is 42.7 Å². The van der Waals surface area contributed by atoms with E-state index in [0.717, 1.165) is 67.0 Å². The van der Waals surface area contributed by atoms with E-state index < -0.39 is 0 Å². The topological polar surface area (TPSA) is 73.4 Å². The van der Waals surface area contributed by atoms with Crippen LogP contribution in [-0.4, -0.2) is 9.97 Å². The smallest absolute Gasteiger partial charge is 0.115 e. The van der Waals surface area contributed by atoms with E-state index in [1.807, 2.05) is 60.7 Å². The summed E-state index contributed by atoms with van der Waals surface area (Å²) in [6.45, 7) is 4.11. The average molecular weight is 776 g/mol. The molecule has 0 fully saturated rings. The highest BCUT2D eigenvalue weighted by Crippen LogP contribution is 2.40. The normalized spacial score (nSPS) is 10.9. The standard InChI is InChI=1S/C46H32Cl2N4S2/c1-29-11-19-33(20-12-29)43-23-37(35-7-3-5-9-41(35)47)39(25-49)45(51-43)53-27-31-15-17-32(18-16-31)28-54-46-40(26-50)38(36-8-4-6-10-42(36)48)24-44(52-46)34-21-13-30(2)14-22-34/h3-24H,27-28H2,1-2H3. The third-order valence-electron chi connectivity index (χ3n) is 8.99. The molecule has 0 aliphatic rings. The molecule has 0 radical (unpaired) electrons. The van der Waals surface area contributed by atoms with Crippen molar-refractivity contribution in [3.8, 4) is 56.9 Å². The van der Waals surface area contributed by atoms with Crippen molar-refractivity contribution in [2.45, 2.75) is 35.4 Å². The minimum absolute atomic E-state index is 0.502. The second kappa shape index (κ2) is 16.8. The van der Waals surface area contributed by atoms with E-state index in [4.69, 9.17) is 33.2 Å². The molecule has 0 aliphatic heterocycles. The molecule has 0 N–H and O–H groups in total. The second-order valence-electron chi connectivity index (χ2n) is 12.8. The fourth-order valence-electron chi connectivity index (χ4n) is 6.03. The number of rotatable bonds is 10. The number of pyridine rings is 2. The van der Waals surface area contributed by atoms with Gasteiger partial charge < -0.3 is 0 Å². The Bertz CT molecular complexity index is 2380. The summed E-state index contributed by atoms with van der Waals surface area (Å²) >= 11 is 16.4. The Morgan fingerprint density at radius 3 is 1.22 bits per heavy atom. The monoisotopic (exact) mass is 774 g/mol. The van der Waals surface area contributed by atoms with Crippen LogP contribution in [0.2, 0.25) is 10.0 Å². The van der Waals surface area contributed by atoms with Crippen molar-refractivity contribution in [1.82, 2.24) is 9.97 Å². The fraction of sp³-hybridized carbons (Fsp3) is 0.0870. The molecule has 5 aromatic carbocycles. The van der Waals surface area contributed by atoms with Gasteiger partial charge in [-0.3, -0.25) is 0 Å². The molecule has 0 bridgehead atoms. The molecule has 8 heteroatoms. The zero-order valence-electron chi connectivity index (χ0n) is 29.5. The number of hydrogen-bond donors (Lipinski definition) is 0. The minimum atomic E-state index is 0.502. The van der Waals surface area contributed by atoms with Gasteiger partial charge in [-0.15, -0.1) is 23.5 Å². The quantitative estimate of drug-likeness (QED) is 0.129. The second-order valence-corrected chi connectivity index (χ2v) is 15.5. The van der Waals surface area contributed by atoms with Gasteiger partial charge in [0, 0.05) is 54.9 Å². The molecule has 0 spiro atoms. The average Bonchev–Trinajstić information content (AvgIpc) is 3.20. The Morgan fingerprint density at radius 1 is 0.500 bits per heavy atom. The summed E-state index contributed by atoms with van der Waals surface area (Å²) in [6.07, 6.45) is 0. The summed E-state index contributed by atoms with van der Waals surface area (Å²) in [6, 6.07) is 48.8. The first kappa shape index (κ1) is 37.0. The summed E-state index contributed by atoms with van der Waals surface area (Å²) < 4.78 is 0. The maximum Gasteiger partial charge on any atom is 0.115 e. The van der Waals surface area contributed by atoms with Gasteiger partial charge in [-0.05, 0) is 49.2 Å². The first-order valence-electron chi connectivity index (χ1n) is 17.2. The maximum absolute atomic E-state index is 10.4. The van der Waals surface area contributed by atoms with Crippen LogP contribution in [0.4, 0.5) is 0 Å². The zero-order chi connectivity index (χ0) is 37.6. The third-order valence-corrected chi connectivity index (χ3v) is 11.7. The first-order chi connectivity index (χ1) is 26.3. The highest BCUT2D eigenvalue weighted by atomic mass is 35.5. The van der Waals surface area contributed by atoms with Crippen LogP contribution in [0, 0.1) is 36.5 Å². The van der Waals surface area contributed by atoms with Gasteiger partial charge in [-0.2, -0.15) is 10.5 Å². The van der Waals surface area contributed by atoms with Gasteiger partial charge >= 0.3 is 0 Å². The Morgan fingerprint density at radius 2 is 0.870 bits per heavy atom. The molecular weight excluding hydrogens is 744 g/mol. The Kier molecular flexibility index (Phi) is 11.5. The Balaban J connectivity index is 1.15. The van der Waals surface area contributed by atoms with Crippen molar-refractivity contribution in [3.63, 3.8) is 0 Å². The maximum atomic E-state index is 10.4. The van der Waals surface area contributed by atoms with Crippen LogP contribution in [0.15, 0.2) is 144 Å². The van der Waals surface area contributed by atoms with E-state index in [-0.39, 0.29) is 0 Å². The van der Waals surface area contributed by atoms with Crippen LogP contribution in [0.5, 0.6) is 0 Å². The molecule has 2 heterocycles. The molecule has 0 saturated heterocycles. The van der Waals surface area contributed by atoms with E-state index in [9.17, 15) is 10.5 Å². The molecular formula is C46H32Cl2N4S2. The van der Waals surface area contributed by atoms with Crippen molar-refractivity contribution >= 4 is 46.7 Å². The van der Waals surface area contributed by atoms with Gasteiger partial charge in [0.05, 0.1) is 22.5 Å². The summed E-state index contributed by atoms with van der Waals surface area (Å²) in [7, 11) is 0. The number of nitriles is 2. The van der Waals surface area contributed by atoms with Crippen LogP contribution in [0.3, 0.4) is 0 Å². The highest BCUT2D eigenvalue weighted by molar-refractivity contribution is 7.98. The summed E-state index contributed by atoms with van der Waals surface area (Å²) in [5.41, 5.74) is 12.2. The van der Waals surface area contributed by atoms with Crippen molar-refractivity contribution < 1.29 is 0 Å². The lowest BCUT2D eigenvalue weighted by atomic mass is 9.99. The Labute approximate surface area is 334 Å². The zero-order valence-corrected chi connectivity index (χ0v) is 32.6. The molecule has 2 aromatic heterocycles. The van der Waals surface area contributed by atoms with E-state index in [2.05, 4.69) is 98.8 Å². The third kappa shape index (κ3) is 8.24. The molecule has 0 unspecified atom stereocenters. The molecule has 0 atom stereocenters.